The molecule has 2 aliphatic heterocycles. The van der Waals surface area contributed by atoms with Crippen LogP contribution in [-0.4, -0.2) is 48.6 Å². The van der Waals surface area contributed by atoms with Crippen molar-refractivity contribution in [1.82, 2.24) is 4.90 Å². The maximum atomic E-state index is 12.5. The lowest BCUT2D eigenvalue weighted by Gasteiger charge is -2.46. The van der Waals surface area contributed by atoms with Crippen molar-refractivity contribution < 1.29 is 14.3 Å². The quantitative estimate of drug-likeness (QED) is 0.825. The summed E-state index contributed by atoms with van der Waals surface area (Å²) in [6.07, 6.45) is 1.52. The molecular formula is C17H18N2O3S2. The molecule has 0 atom stereocenters. The fraction of sp³-hybridized carbons (Fsp3) is 0.412. The predicted octanol–water partition coefficient (Wildman–Crippen LogP) is 2.85. The molecule has 2 aromatic heterocycles. The zero-order chi connectivity index (χ0) is 16.6. The van der Waals surface area contributed by atoms with Crippen LogP contribution in [-0.2, 0) is 9.53 Å². The molecule has 0 unspecified atom stereocenters. The van der Waals surface area contributed by atoms with Gasteiger partial charge in [0.1, 0.15) is 6.61 Å². The van der Waals surface area contributed by atoms with Crippen molar-refractivity contribution in [3.05, 3.63) is 39.2 Å². The molecule has 0 radical (unpaired) electrons. The highest BCUT2D eigenvalue weighted by Gasteiger charge is 2.43. The Hall–Kier alpha value is -1.70. The Morgan fingerprint density at radius 1 is 1.21 bits per heavy atom. The maximum absolute atomic E-state index is 12.5. The molecule has 1 spiro atoms. The number of anilines is 1. The molecule has 2 saturated heterocycles. The lowest BCUT2D eigenvalue weighted by atomic mass is 9.89. The van der Waals surface area contributed by atoms with Crippen LogP contribution in [0.5, 0.6) is 0 Å². The van der Waals surface area contributed by atoms with E-state index in [0.29, 0.717) is 19.6 Å². The predicted molar refractivity (Wildman–Crippen MR) is 94.8 cm³/mol. The van der Waals surface area contributed by atoms with Crippen molar-refractivity contribution in [1.29, 1.82) is 0 Å². The summed E-state index contributed by atoms with van der Waals surface area (Å²) in [4.78, 5) is 29.2. The molecular weight excluding hydrogens is 344 g/mol. The van der Waals surface area contributed by atoms with E-state index in [1.165, 1.54) is 11.3 Å². The lowest BCUT2D eigenvalue weighted by Crippen LogP contribution is -2.59. The van der Waals surface area contributed by atoms with E-state index in [4.69, 9.17) is 4.74 Å². The number of ether oxygens (including phenoxy) is 1. The van der Waals surface area contributed by atoms with E-state index < -0.39 is 0 Å². The number of carbonyl (C=O) groups is 2. The van der Waals surface area contributed by atoms with Gasteiger partial charge in [-0.1, -0.05) is 6.07 Å². The molecule has 0 aromatic carbocycles. The number of nitrogens with zero attached hydrogens (tertiary/aromatic N) is 2. The molecule has 0 bridgehead atoms. The number of piperidine rings is 1. The minimum atomic E-state index is -0.331. The first-order valence-electron chi connectivity index (χ1n) is 7.96. The maximum Gasteiger partial charge on any atom is 0.263 e. The molecule has 2 aliphatic rings. The van der Waals surface area contributed by atoms with Crippen LogP contribution in [0, 0.1) is 0 Å². The lowest BCUT2D eigenvalue weighted by molar-refractivity contribution is -0.143. The van der Waals surface area contributed by atoms with Gasteiger partial charge in [0.05, 0.1) is 22.7 Å². The van der Waals surface area contributed by atoms with Gasteiger partial charge in [0, 0.05) is 18.5 Å². The second-order valence-corrected chi connectivity index (χ2v) is 7.93. The second kappa shape index (κ2) is 6.31. The molecule has 24 heavy (non-hydrogen) atoms. The summed E-state index contributed by atoms with van der Waals surface area (Å²) in [5, 5.41) is 5.90. The highest BCUT2D eigenvalue weighted by Crippen LogP contribution is 2.34. The minimum Gasteiger partial charge on any atom is -0.363 e. The summed E-state index contributed by atoms with van der Waals surface area (Å²) in [6.45, 7) is 2.03. The van der Waals surface area contributed by atoms with E-state index in [0.717, 1.165) is 23.4 Å². The Morgan fingerprint density at radius 2 is 2.04 bits per heavy atom. The average molecular weight is 362 g/mol. The molecule has 126 valence electrons. The van der Waals surface area contributed by atoms with Crippen LogP contribution in [0.1, 0.15) is 22.5 Å². The highest BCUT2D eigenvalue weighted by molar-refractivity contribution is 7.12. The zero-order valence-electron chi connectivity index (χ0n) is 13.1. The van der Waals surface area contributed by atoms with Crippen LogP contribution >= 0.6 is 22.7 Å². The van der Waals surface area contributed by atoms with E-state index in [9.17, 15) is 9.59 Å². The minimum absolute atomic E-state index is 0.0103. The van der Waals surface area contributed by atoms with Crippen molar-refractivity contribution in [3.63, 3.8) is 0 Å². The van der Waals surface area contributed by atoms with Gasteiger partial charge in [0.2, 0.25) is 0 Å². The van der Waals surface area contributed by atoms with Gasteiger partial charge in [-0.2, -0.15) is 11.3 Å². The van der Waals surface area contributed by atoms with Crippen molar-refractivity contribution in [2.45, 2.75) is 18.4 Å². The molecule has 7 heteroatoms. The Bertz CT molecular complexity index is 719. The van der Waals surface area contributed by atoms with E-state index in [1.54, 1.807) is 11.3 Å². The van der Waals surface area contributed by atoms with E-state index >= 15 is 0 Å². The first-order chi connectivity index (χ1) is 11.7. The molecule has 4 rings (SSSR count). The summed E-state index contributed by atoms with van der Waals surface area (Å²) in [5.74, 6) is 0.109. The van der Waals surface area contributed by atoms with E-state index in [1.807, 2.05) is 44.1 Å². The van der Waals surface area contributed by atoms with Crippen LogP contribution in [0.2, 0.25) is 0 Å². The molecule has 4 heterocycles. The standard InChI is InChI=1S/C17H18N2O3S2/c20-15-10-22-17(12-19(15)13-3-9-23-11-13)4-6-18(7-5-17)16(21)14-2-1-8-24-14/h1-3,8-9,11H,4-7,10,12H2. The molecule has 2 fully saturated rings. The van der Waals surface area contributed by atoms with Crippen LogP contribution in [0.3, 0.4) is 0 Å². The fourth-order valence-electron chi connectivity index (χ4n) is 3.34. The molecule has 0 N–H and O–H groups in total. The van der Waals surface area contributed by atoms with Gasteiger partial charge in [-0.05, 0) is 35.7 Å². The molecule has 0 aliphatic carbocycles. The summed E-state index contributed by atoms with van der Waals surface area (Å²) in [5.41, 5.74) is 0.618. The van der Waals surface area contributed by atoms with Crippen molar-refractivity contribution in [2.24, 2.45) is 0 Å². The largest absolute Gasteiger partial charge is 0.363 e. The summed E-state index contributed by atoms with van der Waals surface area (Å²) < 4.78 is 5.94. The van der Waals surface area contributed by atoms with Crippen molar-refractivity contribution >= 4 is 40.2 Å². The molecule has 2 aromatic rings. The third-order valence-corrected chi connectivity index (χ3v) is 6.29. The van der Waals surface area contributed by atoms with Crippen molar-refractivity contribution in [2.75, 3.05) is 31.1 Å². The van der Waals surface area contributed by atoms with Crippen LogP contribution in [0.25, 0.3) is 0 Å². The Balaban J connectivity index is 1.44. The first kappa shape index (κ1) is 15.8. The monoisotopic (exact) mass is 362 g/mol. The van der Waals surface area contributed by atoms with Crippen LogP contribution in [0.4, 0.5) is 5.69 Å². The van der Waals surface area contributed by atoms with Gasteiger partial charge in [-0.3, -0.25) is 9.59 Å². The second-order valence-electron chi connectivity index (χ2n) is 6.20. The number of hydrogen-bond acceptors (Lipinski definition) is 5. The Morgan fingerprint density at radius 3 is 2.71 bits per heavy atom. The SMILES string of the molecule is O=C(c1cccs1)N1CCC2(CC1)CN(c1ccsc1)C(=O)CO2. The van der Waals surface area contributed by atoms with Gasteiger partial charge < -0.3 is 14.5 Å². The van der Waals surface area contributed by atoms with Gasteiger partial charge in [-0.15, -0.1) is 11.3 Å². The summed E-state index contributed by atoms with van der Waals surface area (Å²) in [6, 6.07) is 5.74. The number of morpholine rings is 1. The van der Waals surface area contributed by atoms with E-state index in [-0.39, 0.29) is 24.0 Å². The van der Waals surface area contributed by atoms with Gasteiger partial charge in [-0.25, -0.2) is 0 Å². The molecule has 5 nitrogen and oxygen atoms in total. The first-order valence-corrected chi connectivity index (χ1v) is 9.78. The Labute approximate surface area is 148 Å². The fourth-order valence-corrected chi connectivity index (χ4v) is 4.67. The number of thiophene rings is 2. The van der Waals surface area contributed by atoms with Crippen molar-refractivity contribution in [3.8, 4) is 0 Å². The smallest absolute Gasteiger partial charge is 0.263 e. The Kier molecular flexibility index (Phi) is 4.15. The summed E-state index contributed by atoms with van der Waals surface area (Å²) in [7, 11) is 0. The molecule has 2 amide bonds. The third-order valence-electron chi connectivity index (χ3n) is 4.76. The zero-order valence-corrected chi connectivity index (χ0v) is 14.8. The van der Waals surface area contributed by atoms with Gasteiger partial charge in [0.25, 0.3) is 11.8 Å². The number of hydrogen-bond donors (Lipinski definition) is 0. The van der Waals surface area contributed by atoms with Gasteiger partial charge >= 0.3 is 0 Å². The third kappa shape index (κ3) is 2.87. The van der Waals surface area contributed by atoms with Crippen LogP contribution < -0.4 is 4.90 Å². The highest BCUT2D eigenvalue weighted by atomic mass is 32.1. The normalized spacial score (nSPS) is 20.6. The summed E-state index contributed by atoms with van der Waals surface area (Å²) >= 11 is 3.06. The number of amides is 2. The average Bonchev–Trinajstić information content (AvgIpc) is 3.31. The topological polar surface area (TPSA) is 49.9 Å². The number of likely N-dealkylation sites (tertiary alicyclic amines) is 1. The van der Waals surface area contributed by atoms with E-state index in [2.05, 4.69) is 0 Å². The van der Waals surface area contributed by atoms with Crippen LogP contribution in [0.15, 0.2) is 34.3 Å². The number of carbonyl (C=O) groups excluding carboxylic acids is 2. The van der Waals surface area contributed by atoms with Gasteiger partial charge in [0.15, 0.2) is 0 Å². The number of rotatable bonds is 2. The molecule has 0 saturated carbocycles.